The van der Waals surface area contributed by atoms with Gasteiger partial charge in [0.05, 0.1) is 17.7 Å². The summed E-state index contributed by atoms with van der Waals surface area (Å²) in [5, 5.41) is 23.2. The van der Waals surface area contributed by atoms with Crippen LogP contribution in [-0.2, 0) is 14.3 Å². The van der Waals surface area contributed by atoms with E-state index in [2.05, 4.69) is 0 Å². The normalized spacial score (nSPS) is 17.9. The predicted molar refractivity (Wildman–Crippen MR) is 127 cm³/mol. The number of aliphatic hydroxyl groups excluding tert-OH is 1. The smallest absolute Gasteiger partial charge is 0.295 e. The molecule has 6 heteroatoms. The number of hydrogen-bond acceptors (Lipinski definition) is 5. The fraction of sp³-hybridized carbons (Fsp3) is 0.259. The Morgan fingerprint density at radius 1 is 1.00 bits per heavy atom. The number of hydrogen-bond donors (Lipinski definition) is 2. The first-order chi connectivity index (χ1) is 15.9. The molecule has 1 amide bonds. The van der Waals surface area contributed by atoms with Gasteiger partial charge < -0.3 is 19.8 Å². The zero-order valence-corrected chi connectivity index (χ0v) is 18.7. The van der Waals surface area contributed by atoms with Gasteiger partial charge in [0.15, 0.2) is 0 Å². The molecule has 6 nitrogen and oxygen atoms in total. The number of likely N-dealkylation sites (tertiary alicyclic amines) is 1. The van der Waals surface area contributed by atoms with Crippen molar-refractivity contribution < 1.29 is 24.5 Å². The third-order valence-corrected chi connectivity index (χ3v) is 5.74. The summed E-state index contributed by atoms with van der Waals surface area (Å²) in [6.07, 6.45) is 0.603. The number of nitrogens with zero attached hydrogens (tertiary/aromatic N) is 1. The van der Waals surface area contributed by atoms with Crippen molar-refractivity contribution in [3.63, 3.8) is 0 Å². The van der Waals surface area contributed by atoms with Crippen molar-refractivity contribution >= 4 is 28.2 Å². The molecule has 1 aliphatic rings. The van der Waals surface area contributed by atoms with E-state index in [1.807, 2.05) is 44.2 Å². The molecule has 0 saturated carbocycles. The number of amides is 1. The Bertz CT molecular complexity index is 1230. The minimum atomic E-state index is -0.803. The highest BCUT2D eigenvalue weighted by Gasteiger charge is 2.45. The fourth-order valence-corrected chi connectivity index (χ4v) is 4.20. The van der Waals surface area contributed by atoms with Crippen LogP contribution in [0.1, 0.15) is 37.4 Å². The minimum Gasteiger partial charge on any atom is -0.508 e. The van der Waals surface area contributed by atoms with Crippen molar-refractivity contribution in [2.45, 2.75) is 32.4 Å². The number of aromatic hydroxyl groups is 1. The van der Waals surface area contributed by atoms with Crippen LogP contribution in [0.2, 0.25) is 0 Å². The SMILES string of the molecule is CC(C)OCCCN1C(=O)C(=O)/C(=C(\O)c2ccc3ccccc3c2)C1c1cccc(O)c1. The van der Waals surface area contributed by atoms with Gasteiger partial charge in [0, 0.05) is 18.7 Å². The molecule has 1 saturated heterocycles. The zero-order valence-electron chi connectivity index (χ0n) is 18.7. The maximum Gasteiger partial charge on any atom is 0.295 e. The van der Waals surface area contributed by atoms with Crippen molar-refractivity contribution in [1.29, 1.82) is 0 Å². The number of phenols is 1. The fourth-order valence-electron chi connectivity index (χ4n) is 4.20. The number of ether oxygens (including phenoxy) is 1. The molecule has 1 heterocycles. The average molecular weight is 446 g/mol. The lowest BCUT2D eigenvalue weighted by Gasteiger charge is -2.25. The highest BCUT2D eigenvalue weighted by molar-refractivity contribution is 6.46. The van der Waals surface area contributed by atoms with Crippen LogP contribution in [0.25, 0.3) is 16.5 Å². The van der Waals surface area contributed by atoms with Gasteiger partial charge in [0.1, 0.15) is 11.5 Å². The van der Waals surface area contributed by atoms with Gasteiger partial charge in [-0.2, -0.15) is 0 Å². The maximum absolute atomic E-state index is 13.1. The highest BCUT2D eigenvalue weighted by atomic mass is 16.5. The van der Waals surface area contributed by atoms with Gasteiger partial charge in [0.25, 0.3) is 11.7 Å². The molecular formula is C27H27NO5. The topological polar surface area (TPSA) is 87.1 Å². The summed E-state index contributed by atoms with van der Waals surface area (Å²) in [4.78, 5) is 27.5. The maximum atomic E-state index is 13.1. The largest absolute Gasteiger partial charge is 0.508 e. The number of ketones is 1. The van der Waals surface area contributed by atoms with Gasteiger partial charge in [-0.25, -0.2) is 0 Å². The number of rotatable bonds is 7. The molecule has 1 aliphatic heterocycles. The van der Waals surface area contributed by atoms with E-state index in [-0.39, 0.29) is 29.7 Å². The molecule has 0 aromatic heterocycles. The van der Waals surface area contributed by atoms with Crippen molar-refractivity contribution in [1.82, 2.24) is 4.90 Å². The van der Waals surface area contributed by atoms with Gasteiger partial charge >= 0.3 is 0 Å². The average Bonchev–Trinajstić information content (AvgIpc) is 3.06. The van der Waals surface area contributed by atoms with Gasteiger partial charge in [-0.1, -0.05) is 48.5 Å². The summed E-state index contributed by atoms with van der Waals surface area (Å²) in [5.41, 5.74) is 1.03. The molecule has 0 aliphatic carbocycles. The second-order valence-corrected chi connectivity index (χ2v) is 8.42. The van der Waals surface area contributed by atoms with Crippen molar-refractivity contribution in [3.8, 4) is 5.75 Å². The van der Waals surface area contributed by atoms with Crippen LogP contribution in [0, 0.1) is 0 Å². The van der Waals surface area contributed by atoms with Crippen LogP contribution in [0.3, 0.4) is 0 Å². The molecule has 4 rings (SSSR count). The minimum absolute atomic E-state index is 0.0191. The van der Waals surface area contributed by atoms with E-state index in [0.29, 0.717) is 24.2 Å². The number of carbonyl (C=O) groups excluding carboxylic acids is 2. The summed E-state index contributed by atoms with van der Waals surface area (Å²) in [7, 11) is 0. The lowest BCUT2D eigenvalue weighted by atomic mass is 9.94. The Labute approximate surface area is 192 Å². The van der Waals surface area contributed by atoms with E-state index >= 15 is 0 Å². The van der Waals surface area contributed by atoms with E-state index in [9.17, 15) is 19.8 Å². The molecule has 0 spiro atoms. The Hall–Kier alpha value is -3.64. The first kappa shape index (κ1) is 22.6. The number of Topliss-reactive ketones (excluding diaryl/α,β-unsaturated/α-hetero) is 1. The Morgan fingerprint density at radius 2 is 1.76 bits per heavy atom. The van der Waals surface area contributed by atoms with E-state index < -0.39 is 17.7 Å². The quantitative estimate of drug-likeness (QED) is 0.236. The van der Waals surface area contributed by atoms with Crippen LogP contribution >= 0.6 is 0 Å². The number of aliphatic hydroxyl groups is 1. The van der Waals surface area contributed by atoms with Crippen molar-refractivity contribution in [3.05, 3.63) is 83.4 Å². The molecule has 1 unspecified atom stereocenters. The lowest BCUT2D eigenvalue weighted by molar-refractivity contribution is -0.140. The summed E-state index contributed by atoms with van der Waals surface area (Å²) in [6.45, 7) is 4.59. The number of carbonyl (C=O) groups is 2. The molecule has 0 bridgehead atoms. The molecule has 2 N–H and O–H groups in total. The summed E-state index contributed by atoms with van der Waals surface area (Å²) < 4.78 is 5.58. The molecule has 1 atom stereocenters. The molecular weight excluding hydrogens is 418 g/mol. The van der Waals surface area contributed by atoms with E-state index in [4.69, 9.17) is 4.74 Å². The first-order valence-electron chi connectivity index (χ1n) is 11.0. The Balaban J connectivity index is 1.78. The summed E-state index contributed by atoms with van der Waals surface area (Å²) >= 11 is 0. The second-order valence-electron chi connectivity index (χ2n) is 8.42. The third-order valence-electron chi connectivity index (χ3n) is 5.74. The van der Waals surface area contributed by atoms with E-state index in [1.54, 1.807) is 24.3 Å². The monoisotopic (exact) mass is 445 g/mol. The third kappa shape index (κ3) is 4.61. The lowest BCUT2D eigenvalue weighted by Crippen LogP contribution is -2.31. The van der Waals surface area contributed by atoms with Crippen LogP contribution in [-0.4, -0.2) is 46.1 Å². The number of benzene rings is 3. The molecule has 3 aromatic carbocycles. The van der Waals surface area contributed by atoms with E-state index in [1.165, 1.54) is 17.0 Å². The predicted octanol–water partition coefficient (Wildman–Crippen LogP) is 4.78. The second kappa shape index (κ2) is 9.46. The number of fused-ring (bicyclic) bond motifs is 1. The Morgan fingerprint density at radius 3 is 2.48 bits per heavy atom. The van der Waals surface area contributed by atoms with Crippen LogP contribution < -0.4 is 0 Å². The zero-order chi connectivity index (χ0) is 23.5. The number of phenolic OH excluding ortho intramolecular Hbond substituents is 1. The van der Waals surface area contributed by atoms with Crippen LogP contribution in [0.4, 0.5) is 0 Å². The van der Waals surface area contributed by atoms with Gasteiger partial charge in [-0.3, -0.25) is 9.59 Å². The summed E-state index contributed by atoms with van der Waals surface area (Å²) in [6, 6.07) is 18.7. The molecule has 3 aromatic rings. The highest BCUT2D eigenvalue weighted by Crippen LogP contribution is 2.40. The van der Waals surface area contributed by atoms with Crippen LogP contribution in [0.15, 0.2) is 72.3 Å². The standard InChI is InChI=1S/C27H27NO5/c1-17(2)33-14-6-13-28-24(20-9-5-10-22(29)16-20)23(26(31)27(28)32)25(30)21-12-11-18-7-3-4-8-19(18)15-21/h3-5,7-12,15-17,24,29-30H,6,13-14H2,1-2H3/b25-23-. The van der Waals surface area contributed by atoms with Gasteiger partial charge in [-0.05, 0) is 54.8 Å². The van der Waals surface area contributed by atoms with Gasteiger partial charge in [-0.15, -0.1) is 0 Å². The van der Waals surface area contributed by atoms with Crippen LogP contribution in [0.5, 0.6) is 5.75 Å². The molecule has 170 valence electrons. The summed E-state index contributed by atoms with van der Waals surface area (Å²) in [5.74, 6) is -1.62. The van der Waals surface area contributed by atoms with Crippen molar-refractivity contribution in [2.24, 2.45) is 0 Å². The molecule has 33 heavy (non-hydrogen) atoms. The van der Waals surface area contributed by atoms with Gasteiger partial charge in [0.2, 0.25) is 0 Å². The van der Waals surface area contributed by atoms with E-state index in [0.717, 1.165) is 10.8 Å². The molecule has 0 radical (unpaired) electrons. The van der Waals surface area contributed by atoms with Crippen molar-refractivity contribution in [2.75, 3.05) is 13.2 Å². The molecule has 1 fully saturated rings. The Kier molecular flexibility index (Phi) is 6.47. The first-order valence-corrected chi connectivity index (χ1v) is 11.0.